The van der Waals surface area contributed by atoms with Gasteiger partial charge >= 0.3 is 0 Å². The van der Waals surface area contributed by atoms with Crippen molar-refractivity contribution in [1.82, 2.24) is 20.2 Å². The van der Waals surface area contributed by atoms with Crippen LogP contribution in [0.3, 0.4) is 0 Å². The Hall–Kier alpha value is -2.96. The predicted molar refractivity (Wildman–Crippen MR) is 95.1 cm³/mol. The molecule has 0 unspecified atom stereocenters. The molecule has 4 rings (SSSR count). The van der Waals surface area contributed by atoms with Gasteiger partial charge in [-0.05, 0) is 36.8 Å². The third kappa shape index (κ3) is 3.60. The number of aromatic nitrogens is 4. The summed E-state index contributed by atoms with van der Waals surface area (Å²) >= 11 is 0. The first kappa shape index (κ1) is 15.6. The Morgan fingerprint density at radius 2 is 2.12 bits per heavy atom. The van der Waals surface area contributed by atoms with Gasteiger partial charge in [-0.3, -0.25) is 10.1 Å². The number of hydrogen-bond donors (Lipinski definition) is 2. The third-order valence-corrected chi connectivity index (χ3v) is 4.29. The molecule has 2 N–H and O–H groups in total. The second-order valence-corrected chi connectivity index (χ2v) is 6.10. The molecule has 1 atom stereocenters. The molecule has 6 nitrogen and oxygen atoms in total. The minimum Gasteiger partial charge on any atom is -0.379 e. The van der Waals surface area contributed by atoms with E-state index in [1.807, 2.05) is 35.2 Å². The van der Waals surface area contributed by atoms with Gasteiger partial charge in [0.1, 0.15) is 12.0 Å². The molecule has 25 heavy (non-hydrogen) atoms. The van der Waals surface area contributed by atoms with Crippen LogP contribution < -0.4 is 10.2 Å². The van der Waals surface area contributed by atoms with Gasteiger partial charge in [0.15, 0.2) is 0 Å². The Morgan fingerprint density at radius 3 is 2.84 bits per heavy atom. The van der Waals surface area contributed by atoms with Crippen LogP contribution in [0.5, 0.6) is 0 Å². The molecule has 1 aliphatic rings. The summed E-state index contributed by atoms with van der Waals surface area (Å²) in [5.41, 5.74) is 3.77. The SMILES string of the molecule is F[C@H]1CCN(c2ccc(-c3cc(CNc4ccncc4)[nH]n3)cn2)C1. The Bertz CT molecular complexity index is 817. The van der Waals surface area contributed by atoms with Gasteiger partial charge in [-0.15, -0.1) is 0 Å². The normalized spacial score (nSPS) is 17.0. The number of nitrogens with one attached hydrogen (secondary N) is 2. The van der Waals surface area contributed by atoms with E-state index in [1.165, 1.54) is 0 Å². The molecule has 0 aliphatic carbocycles. The lowest BCUT2D eigenvalue weighted by Crippen LogP contribution is -2.20. The van der Waals surface area contributed by atoms with Gasteiger partial charge in [-0.25, -0.2) is 9.37 Å². The maximum Gasteiger partial charge on any atom is 0.128 e. The van der Waals surface area contributed by atoms with Crippen LogP contribution in [-0.4, -0.2) is 39.4 Å². The van der Waals surface area contributed by atoms with Crippen molar-refractivity contribution in [2.24, 2.45) is 0 Å². The highest BCUT2D eigenvalue weighted by Gasteiger charge is 2.22. The van der Waals surface area contributed by atoms with E-state index in [2.05, 4.69) is 25.5 Å². The van der Waals surface area contributed by atoms with Crippen LogP contribution in [0, 0.1) is 0 Å². The molecule has 1 aliphatic heterocycles. The fourth-order valence-corrected chi connectivity index (χ4v) is 2.92. The van der Waals surface area contributed by atoms with Crippen LogP contribution in [0.15, 0.2) is 48.9 Å². The number of anilines is 2. The van der Waals surface area contributed by atoms with Gasteiger partial charge in [-0.1, -0.05) is 0 Å². The Morgan fingerprint density at radius 1 is 1.24 bits per heavy atom. The van der Waals surface area contributed by atoms with Gasteiger partial charge < -0.3 is 10.2 Å². The lowest BCUT2D eigenvalue weighted by molar-refractivity contribution is 0.364. The van der Waals surface area contributed by atoms with Gasteiger partial charge in [0.25, 0.3) is 0 Å². The number of halogens is 1. The number of H-pyrrole nitrogens is 1. The first-order chi connectivity index (χ1) is 12.3. The summed E-state index contributed by atoms with van der Waals surface area (Å²) in [6, 6.07) is 9.74. The van der Waals surface area contributed by atoms with Crippen molar-refractivity contribution < 1.29 is 4.39 Å². The lowest BCUT2D eigenvalue weighted by Gasteiger charge is -2.15. The highest BCUT2D eigenvalue weighted by atomic mass is 19.1. The smallest absolute Gasteiger partial charge is 0.128 e. The largest absolute Gasteiger partial charge is 0.379 e. The van der Waals surface area contributed by atoms with Crippen molar-refractivity contribution in [1.29, 1.82) is 0 Å². The van der Waals surface area contributed by atoms with E-state index in [9.17, 15) is 4.39 Å². The van der Waals surface area contributed by atoms with Crippen LogP contribution in [0.25, 0.3) is 11.3 Å². The summed E-state index contributed by atoms with van der Waals surface area (Å²) in [4.78, 5) is 10.4. The van der Waals surface area contributed by atoms with Crippen molar-refractivity contribution in [3.63, 3.8) is 0 Å². The molecule has 0 spiro atoms. The molecule has 128 valence electrons. The average Bonchev–Trinajstić information content (AvgIpc) is 3.30. The number of alkyl halides is 1. The van der Waals surface area contributed by atoms with E-state index in [0.29, 0.717) is 19.5 Å². The molecule has 1 fully saturated rings. The minimum atomic E-state index is -0.747. The Labute approximate surface area is 145 Å². The zero-order chi connectivity index (χ0) is 17.1. The Balaban J connectivity index is 1.41. The van der Waals surface area contributed by atoms with Crippen molar-refractivity contribution in [2.45, 2.75) is 19.1 Å². The van der Waals surface area contributed by atoms with Crippen LogP contribution in [-0.2, 0) is 6.54 Å². The molecule has 7 heteroatoms. The van der Waals surface area contributed by atoms with Gasteiger partial charge in [0, 0.05) is 36.4 Å². The van der Waals surface area contributed by atoms with Gasteiger partial charge in [-0.2, -0.15) is 5.10 Å². The van der Waals surface area contributed by atoms with E-state index >= 15 is 0 Å². The summed E-state index contributed by atoms with van der Waals surface area (Å²) in [5, 5.41) is 10.7. The van der Waals surface area contributed by atoms with Gasteiger partial charge in [0.05, 0.1) is 24.5 Å². The zero-order valence-electron chi connectivity index (χ0n) is 13.7. The lowest BCUT2D eigenvalue weighted by atomic mass is 10.2. The highest BCUT2D eigenvalue weighted by molar-refractivity contribution is 5.60. The number of pyridine rings is 2. The third-order valence-electron chi connectivity index (χ3n) is 4.29. The summed E-state index contributed by atoms with van der Waals surface area (Å²) in [6.45, 7) is 1.80. The average molecular weight is 338 g/mol. The monoisotopic (exact) mass is 338 g/mol. The molecular weight excluding hydrogens is 319 g/mol. The highest BCUT2D eigenvalue weighted by Crippen LogP contribution is 2.23. The summed E-state index contributed by atoms with van der Waals surface area (Å²) < 4.78 is 13.3. The van der Waals surface area contributed by atoms with E-state index in [0.717, 1.165) is 35.0 Å². The zero-order valence-corrected chi connectivity index (χ0v) is 13.7. The molecule has 0 bridgehead atoms. The van der Waals surface area contributed by atoms with Crippen LogP contribution in [0.1, 0.15) is 12.1 Å². The maximum atomic E-state index is 13.3. The summed E-state index contributed by atoms with van der Waals surface area (Å²) in [5.74, 6) is 0.819. The van der Waals surface area contributed by atoms with E-state index in [-0.39, 0.29) is 0 Å². The van der Waals surface area contributed by atoms with Crippen molar-refractivity contribution in [2.75, 3.05) is 23.3 Å². The van der Waals surface area contributed by atoms with E-state index in [1.54, 1.807) is 18.6 Å². The molecular formula is C18H19FN6. The molecule has 0 saturated carbocycles. The van der Waals surface area contributed by atoms with Crippen molar-refractivity contribution >= 4 is 11.5 Å². The molecule has 4 heterocycles. The first-order valence-electron chi connectivity index (χ1n) is 8.31. The topological polar surface area (TPSA) is 69.7 Å². The maximum absolute atomic E-state index is 13.3. The van der Waals surface area contributed by atoms with Crippen LogP contribution in [0.4, 0.5) is 15.9 Å². The fraction of sp³-hybridized carbons (Fsp3) is 0.278. The van der Waals surface area contributed by atoms with E-state index in [4.69, 9.17) is 0 Å². The summed E-state index contributed by atoms with van der Waals surface area (Å²) in [6.07, 6.45) is 5.12. The quantitative estimate of drug-likeness (QED) is 0.748. The Kier molecular flexibility index (Phi) is 4.28. The molecule has 1 saturated heterocycles. The molecule has 0 radical (unpaired) electrons. The number of rotatable bonds is 5. The fourth-order valence-electron chi connectivity index (χ4n) is 2.92. The van der Waals surface area contributed by atoms with E-state index < -0.39 is 6.17 Å². The van der Waals surface area contributed by atoms with Crippen LogP contribution >= 0.6 is 0 Å². The van der Waals surface area contributed by atoms with Crippen LogP contribution in [0.2, 0.25) is 0 Å². The molecule has 0 aromatic carbocycles. The van der Waals surface area contributed by atoms with Crippen molar-refractivity contribution in [3.05, 3.63) is 54.6 Å². The second-order valence-electron chi connectivity index (χ2n) is 6.10. The number of nitrogens with zero attached hydrogens (tertiary/aromatic N) is 4. The first-order valence-corrected chi connectivity index (χ1v) is 8.31. The molecule has 0 amide bonds. The number of aromatic amines is 1. The second kappa shape index (κ2) is 6.88. The summed E-state index contributed by atoms with van der Waals surface area (Å²) in [7, 11) is 0. The number of hydrogen-bond acceptors (Lipinski definition) is 5. The molecule has 3 aromatic rings. The standard InChI is InChI=1S/C18H19FN6/c19-14-5-8-25(12-14)18-2-1-13(10-22-18)17-9-16(23-24-17)11-21-15-3-6-20-7-4-15/h1-4,6-7,9-10,14H,5,8,11-12H2,(H,20,21)(H,23,24)/t14-/m0/s1. The van der Waals surface area contributed by atoms with Gasteiger partial charge in [0.2, 0.25) is 0 Å². The predicted octanol–water partition coefficient (Wildman–Crippen LogP) is 3.03. The minimum absolute atomic E-state index is 0.430. The van der Waals surface area contributed by atoms with Crippen molar-refractivity contribution in [3.8, 4) is 11.3 Å². The molecule has 3 aromatic heterocycles.